The maximum Gasteiger partial charge on any atom is 0.454 e. The lowest BCUT2D eigenvalue weighted by molar-refractivity contribution is -0.0885. The van der Waals surface area contributed by atoms with Crippen LogP contribution in [-0.4, -0.2) is 38.0 Å². The van der Waals surface area contributed by atoms with Gasteiger partial charge in [-0.2, -0.15) is 13.2 Å². The lowest BCUT2D eigenvalue weighted by Crippen LogP contribution is -2.48. The van der Waals surface area contributed by atoms with Crippen molar-refractivity contribution >= 4 is 19.0 Å². The maximum atomic E-state index is 13.1. The molecule has 106 valence electrons. The summed E-state index contributed by atoms with van der Waals surface area (Å²) >= 11 is 0. The van der Waals surface area contributed by atoms with E-state index in [9.17, 15) is 22.4 Å². The molecule has 1 N–H and O–H groups in total. The number of carbonyl (C=O) groups is 1. The van der Waals surface area contributed by atoms with Crippen molar-refractivity contribution in [3.63, 3.8) is 0 Å². The van der Waals surface area contributed by atoms with Gasteiger partial charge in [-0.05, 0) is 6.04 Å². The summed E-state index contributed by atoms with van der Waals surface area (Å²) in [5.41, 5.74) is -0.463. The molecule has 1 atom stereocenters. The Morgan fingerprint density at radius 2 is 1.79 bits per heavy atom. The third kappa shape index (κ3) is 3.63. The van der Waals surface area contributed by atoms with E-state index in [0.717, 1.165) is 12.1 Å². The van der Waals surface area contributed by atoms with E-state index < -0.39 is 31.9 Å². The normalized spacial score (nSPS) is 15.1. The summed E-state index contributed by atoms with van der Waals surface area (Å²) in [5, 5.41) is 9.49. The minimum Gasteiger partial charge on any atom is -0.397 e. The van der Waals surface area contributed by atoms with E-state index in [1.54, 1.807) is 6.55 Å². The van der Waals surface area contributed by atoms with Gasteiger partial charge in [0.15, 0.2) is 0 Å². The van der Waals surface area contributed by atoms with Gasteiger partial charge in [0, 0.05) is 12.2 Å². The number of hydrogen-bond donors (Lipinski definition) is 1. The predicted molar refractivity (Wildman–Crippen MR) is 65.9 cm³/mol. The van der Waals surface area contributed by atoms with Crippen molar-refractivity contribution in [2.24, 2.45) is 0 Å². The third-order valence-corrected chi connectivity index (χ3v) is 6.70. The Kier molecular flexibility index (Phi) is 4.86. The van der Waals surface area contributed by atoms with Crippen molar-refractivity contribution in [2.75, 3.05) is 12.9 Å². The molecule has 1 unspecified atom stereocenters. The lowest BCUT2D eigenvalue weighted by atomic mass is 10.1. The average molecular weight is 294 g/mol. The fourth-order valence-corrected chi connectivity index (χ4v) is 3.76. The molecular formula is C12H14F4O2Si. The van der Waals surface area contributed by atoms with E-state index in [1.807, 2.05) is 0 Å². The second kappa shape index (κ2) is 5.83. The van der Waals surface area contributed by atoms with Crippen LogP contribution in [0.15, 0.2) is 24.3 Å². The first-order valence-electron chi connectivity index (χ1n) is 5.63. The van der Waals surface area contributed by atoms with Gasteiger partial charge in [0.1, 0.15) is 8.07 Å². The number of halogens is 4. The monoisotopic (exact) mass is 294 g/mol. The molecule has 0 radical (unpaired) electrons. The zero-order valence-electron chi connectivity index (χ0n) is 10.3. The van der Waals surface area contributed by atoms with Crippen LogP contribution in [0.1, 0.15) is 10.4 Å². The van der Waals surface area contributed by atoms with Crippen LogP contribution in [0.4, 0.5) is 17.6 Å². The molecular weight excluding hydrogens is 280 g/mol. The SMILES string of the molecule is C[Si](CF)(CCO)c1ccc(C(=O)C(F)(F)F)cc1. The second-order valence-electron chi connectivity index (χ2n) is 4.57. The van der Waals surface area contributed by atoms with Crippen LogP contribution in [0, 0.1) is 0 Å². The minimum absolute atomic E-state index is 0.171. The van der Waals surface area contributed by atoms with Gasteiger partial charge in [0.05, 0.1) is 6.30 Å². The van der Waals surface area contributed by atoms with Gasteiger partial charge in [0.2, 0.25) is 0 Å². The lowest BCUT2D eigenvalue weighted by Gasteiger charge is -2.23. The molecule has 0 aliphatic carbocycles. The Balaban J connectivity index is 3.02. The summed E-state index contributed by atoms with van der Waals surface area (Å²) in [6.45, 7) is 1.53. The van der Waals surface area contributed by atoms with Crippen molar-refractivity contribution < 1.29 is 27.5 Å². The van der Waals surface area contributed by atoms with Crippen molar-refractivity contribution in [3.05, 3.63) is 29.8 Å². The number of carbonyl (C=O) groups excluding carboxylic acids is 1. The summed E-state index contributed by atoms with van der Waals surface area (Å²) in [7, 11) is -2.51. The van der Waals surface area contributed by atoms with Crippen LogP contribution < -0.4 is 5.19 Å². The molecule has 0 spiro atoms. The minimum atomic E-state index is -4.91. The molecule has 0 saturated heterocycles. The highest BCUT2D eigenvalue weighted by Gasteiger charge is 2.39. The second-order valence-corrected chi connectivity index (χ2v) is 9.04. The van der Waals surface area contributed by atoms with E-state index >= 15 is 0 Å². The summed E-state index contributed by atoms with van der Waals surface area (Å²) in [6, 6.07) is 5.10. The number of Topliss-reactive ketones (excluding diaryl/α,β-unsaturated/α-hetero) is 1. The molecule has 0 aromatic heterocycles. The van der Waals surface area contributed by atoms with Gasteiger partial charge in [-0.3, -0.25) is 9.18 Å². The Labute approximate surface area is 109 Å². The van der Waals surface area contributed by atoms with Crippen LogP contribution in [0.25, 0.3) is 0 Å². The number of hydrogen-bond acceptors (Lipinski definition) is 2. The third-order valence-electron chi connectivity index (χ3n) is 3.06. The summed E-state index contributed by atoms with van der Waals surface area (Å²) in [4.78, 5) is 11.0. The van der Waals surface area contributed by atoms with E-state index in [0.29, 0.717) is 5.19 Å². The van der Waals surface area contributed by atoms with Crippen molar-refractivity contribution in [1.29, 1.82) is 0 Å². The average Bonchev–Trinajstić information content (AvgIpc) is 2.37. The first-order valence-corrected chi connectivity index (χ1v) is 8.55. The molecule has 2 nitrogen and oxygen atoms in total. The van der Waals surface area contributed by atoms with Crippen molar-refractivity contribution in [1.82, 2.24) is 0 Å². The molecule has 0 fully saturated rings. The highest BCUT2D eigenvalue weighted by atomic mass is 28.3. The highest BCUT2D eigenvalue weighted by molar-refractivity contribution is 6.90. The van der Waals surface area contributed by atoms with Crippen molar-refractivity contribution in [2.45, 2.75) is 18.8 Å². The zero-order chi connectivity index (χ0) is 14.7. The topological polar surface area (TPSA) is 37.3 Å². The van der Waals surface area contributed by atoms with Gasteiger partial charge in [-0.15, -0.1) is 0 Å². The molecule has 0 bridgehead atoms. The number of alkyl halides is 4. The summed E-state index contributed by atoms with van der Waals surface area (Å²) in [5.74, 6) is -1.91. The number of aliphatic hydroxyl groups is 1. The van der Waals surface area contributed by atoms with Gasteiger partial charge in [-0.1, -0.05) is 36.0 Å². The standard InChI is InChI=1S/C12H14F4O2Si/c1-19(8-13,7-6-17)10-4-2-9(3-5-10)11(18)12(14,15)16/h2-5,17H,6-8H2,1H3. The van der Waals surface area contributed by atoms with Crippen molar-refractivity contribution in [3.8, 4) is 0 Å². The zero-order valence-corrected chi connectivity index (χ0v) is 11.3. The number of aliphatic hydroxyl groups excluding tert-OH is 1. The summed E-state index contributed by atoms with van der Waals surface area (Å²) in [6.07, 6.45) is -5.52. The van der Waals surface area contributed by atoms with Gasteiger partial charge < -0.3 is 5.11 Å². The number of rotatable bonds is 5. The molecule has 1 rings (SSSR count). The first kappa shape index (κ1) is 15.8. The molecule has 0 aliphatic heterocycles. The summed E-state index contributed by atoms with van der Waals surface area (Å²) < 4.78 is 49.7. The fourth-order valence-electron chi connectivity index (χ4n) is 1.72. The van der Waals surface area contributed by atoms with Crippen LogP contribution in [0.5, 0.6) is 0 Å². The predicted octanol–water partition coefficient (Wildman–Crippen LogP) is 2.22. The first-order chi connectivity index (χ1) is 8.74. The Morgan fingerprint density at radius 3 is 2.16 bits per heavy atom. The fraction of sp³-hybridized carbons (Fsp3) is 0.417. The molecule has 0 heterocycles. The molecule has 1 aromatic rings. The van der Waals surface area contributed by atoms with Gasteiger partial charge in [0.25, 0.3) is 5.78 Å². The van der Waals surface area contributed by atoms with Crippen LogP contribution in [0.3, 0.4) is 0 Å². The Hall–Kier alpha value is -1.21. The van der Waals surface area contributed by atoms with E-state index in [-0.39, 0.29) is 12.7 Å². The molecule has 1 aromatic carbocycles. The van der Waals surface area contributed by atoms with Crippen LogP contribution >= 0.6 is 0 Å². The molecule has 0 aliphatic rings. The van der Waals surface area contributed by atoms with Gasteiger partial charge >= 0.3 is 6.18 Å². The Morgan fingerprint density at radius 1 is 1.26 bits per heavy atom. The number of ketones is 1. The smallest absolute Gasteiger partial charge is 0.397 e. The highest BCUT2D eigenvalue weighted by Crippen LogP contribution is 2.21. The quantitative estimate of drug-likeness (QED) is 0.513. The van der Waals surface area contributed by atoms with E-state index in [4.69, 9.17) is 5.11 Å². The molecule has 7 heteroatoms. The Bertz CT molecular complexity index is 444. The van der Waals surface area contributed by atoms with E-state index in [1.165, 1.54) is 12.1 Å². The molecule has 0 saturated carbocycles. The maximum absolute atomic E-state index is 13.1. The number of benzene rings is 1. The molecule has 0 amide bonds. The van der Waals surface area contributed by atoms with E-state index in [2.05, 4.69) is 0 Å². The largest absolute Gasteiger partial charge is 0.454 e. The molecule has 19 heavy (non-hydrogen) atoms. The van der Waals surface area contributed by atoms with Crippen LogP contribution in [-0.2, 0) is 0 Å². The van der Waals surface area contributed by atoms with Gasteiger partial charge in [-0.25, -0.2) is 0 Å². The van der Waals surface area contributed by atoms with Crippen LogP contribution in [0.2, 0.25) is 12.6 Å².